The maximum atomic E-state index is 13.4. The van der Waals surface area contributed by atoms with Gasteiger partial charge < -0.3 is 4.43 Å². The molecule has 0 spiro atoms. The van der Waals surface area contributed by atoms with Gasteiger partial charge in [-0.2, -0.15) is 0 Å². The molecular formula is C26H39ClN2O3SSi. The van der Waals surface area contributed by atoms with Crippen LogP contribution in [-0.2, 0) is 14.4 Å². The minimum absolute atomic E-state index is 0.164. The van der Waals surface area contributed by atoms with E-state index in [1.165, 1.54) is 0 Å². The molecule has 2 aromatic carbocycles. The number of sulfonamides is 1. The Kier molecular flexibility index (Phi) is 8.70. The number of benzene rings is 2. The Labute approximate surface area is 212 Å². The van der Waals surface area contributed by atoms with Gasteiger partial charge in [-0.3, -0.25) is 4.90 Å². The quantitative estimate of drug-likeness (QED) is 0.401. The van der Waals surface area contributed by atoms with Crippen molar-refractivity contribution in [1.29, 1.82) is 0 Å². The van der Waals surface area contributed by atoms with Crippen LogP contribution in [0.15, 0.2) is 54.6 Å². The summed E-state index contributed by atoms with van der Waals surface area (Å²) in [6, 6.07) is 16.6. The first kappa shape index (κ1) is 27.4. The highest BCUT2D eigenvalue weighted by molar-refractivity contribution is 7.89. The first-order valence-corrected chi connectivity index (χ1v) is 16.8. The molecule has 0 aliphatic carbocycles. The Hall–Kier alpha value is -1.22. The van der Waals surface area contributed by atoms with Crippen LogP contribution in [-0.4, -0.2) is 47.4 Å². The number of nitrogens with zero attached hydrogens (tertiary/aromatic N) is 1. The van der Waals surface area contributed by atoms with Crippen molar-refractivity contribution in [3.63, 3.8) is 0 Å². The van der Waals surface area contributed by atoms with Gasteiger partial charge >= 0.3 is 0 Å². The molecule has 1 heterocycles. The summed E-state index contributed by atoms with van der Waals surface area (Å²) in [5, 5.41) is -0.139. The topological polar surface area (TPSA) is 58.6 Å². The molecule has 1 aliphatic heterocycles. The van der Waals surface area contributed by atoms with Crippen LogP contribution >= 0.6 is 11.6 Å². The summed E-state index contributed by atoms with van der Waals surface area (Å²) in [6.45, 7) is 15.3. The number of rotatable bonds is 9. The van der Waals surface area contributed by atoms with Gasteiger partial charge in [-0.25, -0.2) is 13.1 Å². The van der Waals surface area contributed by atoms with E-state index in [9.17, 15) is 8.42 Å². The van der Waals surface area contributed by atoms with E-state index in [0.717, 1.165) is 25.1 Å². The number of halogens is 1. The smallest absolute Gasteiger partial charge is 0.219 e. The first-order chi connectivity index (χ1) is 15.8. The summed E-state index contributed by atoms with van der Waals surface area (Å²) in [4.78, 5) is 2.32. The molecule has 1 saturated heterocycles. The molecule has 3 rings (SSSR count). The largest absolute Gasteiger partial charge is 0.413 e. The number of hydrogen-bond acceptors (Lipinski definition) is 4. The Bertz CT molecular complexity index is 1060. The van der Waals surface area contributed by atoms with Gasteiger partial charge in [-0.15, -0.1) is 0 Å². The molecule has 3 unspecified atom stereocenters. The van der Waals surface area contributed by atoms with E-state index >= 15 is 0 Å². The molecule has 8 heteroatoms. The van der Waals surface area contributed by atoms with Crippen LogP contribution in [0.25, 0.3) is 0 Å². The third kappa shape index (κ3) is 6.71. The second-order valence-electron chi connectivity index (χ2n) is 10.8. The summed E-state index contributed by atoms with van der Waals surface area (Å²) in [5.41, 5.74) is 1.55. The normalized spacial score (nSPS) is 19.8. The summed E-state index contributed by atoms with van der Waals surface area (Å²) in [6.07, 6.45) is 1.16. The molecule has 0 radical (unpaired) electrons. The van der Waals surface area contributed by atoms with Gasteiger partial charge in [0.1, 0.15) is 0 Å². The minimum atomic E-state index is -3.67. The molecule has 1 N–H and O–H groups in total. The fraction of sp³-hybridized carbons (Fsp3) is 0.538. The summed E-state index contributed by atoms with van der Waals surface area (Å²) in [7, 11) is -5.52. The molecule has 34 heavy (non-hydrogen) atoms. The third-order valence-electron chi connectivity index (χ3n) is 7.25. The molecule has 0 aromatic heterocycles. The van der Waals surface area contributed by atoms with Crippen LogP contribution in [0.2, 0.25) is 23.2 Å². The first-order valence-electron chi connectivity index (χ1n) is 12.0. The fourth-order valence-corrected chi connectivity index (χ4v) is 7.17. The van der Waals surface area contributed by atoms with Gasteiger partial charge in [0.25, 0.3) is 0 Å². The molecule has 1 fully saturated rings. The lowest BCUT2D eigenvalue weighted by Gasteiger charge is -2.38. The van der Waals surface area contributed by atoms with Crippen LogP contribution in [0.1, 0.15) is 56.5 Å². The summed E-state index contributed by atoms with van der Waals surface area (Å²) >= 11 is 6.31. The molecule has 0 saturated carbocycles. The summed E-state index contributed by atoms with van der Waals surface area (Å²) in [5.74, 6) is 0. The van der Waals surface area contributed by atoms with E-state index in [4.69, 9.17) is 16.0 Å². The van der Waals surface area contributed by atoms with Crippen molar-refractivity contribution in [3.05, 3.63) is 70.7 Å². The zero-order valence-corrected chi connectivity index (χ0v) is 23.8. The average molecular weight is 523 g/mol. The van der Waals surface area contributed by atoms with Crippen molar-refractivity contribution in [1.82, 2.24) is 9.62 Å². The van der Waals surface area contributed by atoms with Gasteiger partial charge in [0.15, 0.2) is 8.32 Å². The second-order valence-corrected chi connectivity index (χ2v) is 18.0. The molecule has 2 aromatic rings. The zero-order chi connectivity index (χ0) is 25.1. The maximum Gasteiger partial charge on any atom is 0.219 e. The molecular weight excluding hydrogens is 484 g/mol. The highest BCUT2D eigenvalue weighted by Gasteiger charge is 2.41. The van der Waals surface area contributed by atoms with Gasteiger partial charge in [-0.1, -0.05) is 80.9 Å². The van der Waals surface area contributed by atoms with E-state index in [-0.39, 0.29) is 17.2 Å². The van der Waals surface area contributed by atoms with Gasteiger partial charge in [-0.05, 0) is 48.7 Å². The fourth-order valence-electron chi connectivity index (χ4n) is 4.08. The van der Waals surface area contributed by atoms with Gasteiger partial charge in [0.2, 0.25) is 10.0 Å². The third-order valence-corrected chi connectivity index (χ3v) is 13.9. The van der Waals surface area contributed by atoms with E-state index < -0.39 is 23.6 Å². The van der Waals surface area contributed by atoms with Crippen LogP contribution in [0, 0.1) is 0 Å². The molecule has 188 valence electrons. The standard InChI is InChI=1S/C26H39ClN2O3SSi/c1-20(23-14-10-11-15-24(23)27)33(30,31)28-25(21-12-8-7-9-13-21)19-29-17-16-22(18-29)32-34(5,6)26(2,3)4/h7-15,20,22,25,28H,16-19H2,1-6H3. The van der Waals surface area contributed by atoms with E-state index in [2.05, 4.69) is 43.5 Å². The Balaban J connectivity index is 1.75. The molecule has 5 nitrogen and oxygen atoms in total. The second kappa shape index (κ2) is 10.8. The maximum absolute atomic E-state index is 13.4. The van der Waals surface area contributed by atoms with Crippen molar-refractivity contribution in [2.45, 2.75) is 69.6 Å². The van der Waals surface area contributed by atoms with Crippen molar-refractivity contribution >= 4 is 29.9 Å². The van der Waals surface area contributed by atoms with Crippen molar-refractivity contribution in [3.8, 4) is 0 Å². The van der Waals surface area contributed by atoms with Gasteiger partial charge in [0.05, 0.1) is 17.4 Å². The van der Waals surface area contributed by atoms with Crippen molar-refractivity contribution in [2.75, 3.05) is 19.6 Å². The van der Waals surface area contributed by atoms with Crippen LogP contribution in [0.4, 0.5) is 0 Å². The average Bonchev–Trinajstić information content (AvgIpc) is 3.19. The molecule has 1 aliphatic rings. The van der Waals surface area contributed by atoms with Gasteiger partial charge in [0, 0.05) is 24.7 Å². The van der Waals surface area contributed by atoms with Crippen LogP contribution in [0.5, 0.6) is 0 Å². The van der Waals surface area contributed by atoms with Crippen LogP contribution in [0.3, 0.4) is 0 Å². The molecule has 0 bridgehead atoms. The Morgan fingerprint density at radius 3 is 2.35 bits per heavy atom. The van der Waals surface area contributed by atoms with E-state index in [0.29, 0.717) is 17.1 Å². The zero-order valence-electron chi connectivity index (χ0n) is 21.2. The monoisotopic (exact) mass is 522 g/mol. The lowest BCUT2D eigenvalue weighted by molar-refractivity contribution is 0.178. The SMILES string of the molecule is CC(c1ccccc1Cl)S(=O)(=O)NC(CN1CCC(O[Si](C)(C)C(C)(C)C)C1)c1ccccc1. The Morgan fingerprint density at radius 1 is 1.12 bits per heavy atom. The van der Waals surface area contributed by atoms with E-state index in [1.807, 2.05) is 36.4 Å². The predicted molar refractivity (Wildman–Crippen MR) is 144 cm³/mol. The lowest BCUT2D eigenvalue weighted by Crippen LogP contribution is -2.45. The van der Waals surface area contributed by atoms with Crippen molar-refractivity contribution in [2.24, 2.45) is 0 Å². The molecule has 3 atom stereocenters. The highest BCUT2D eigenvalue weighted by atomic mass is 35.5. The predicted octanol–water partition coefficient (Wildman–Crippen LogP) is 6.16. The van der Waals surface area contributed by atoms with Crippen LogP contribution < -0.4 is 4.72 Å². The number of hydrogen-bond donors (Lipinski definition) is 1. The number of nitrogens with one attached hydrogen (secondary N) is 1. The molecule has 0 amide bonds. The van der Waals surface area contributed by atoms with Crippen molar-refractivity contribution < 1.29 is 12.8 Å². The summed E-state index contributed by atoms with van der Waals surface area (Å²) < 4.78 is 36.4. The number of likely N-dealkylation sites (tertiary alicyclic amines) is 1. The van der Waals surface area contributed by atoms with E-state index in [1.54, 1.807) is 25.1 Å². The highest BCUT2D eigenvalue weighted by Crippen LogP contribution is 2.38. The minimum Gasteiger partial charge on any atom is -0.413 e. The lowest BCUT2D eigenvalue weighted by atomic mass is 10.1. The Morgan fingerprint density at radius 2 is 1.74 bits per heavy atom.